The molecule has 1 saturated carbocycles. The first-order valence-corrected chi connectivity index (χ1v) is 8.65. The van der Waals surface area contributed by atoms with Crippen LogP contribution in [0.15, 0.2) is 12.1 Å². The maximum absolute atomic E-state index is 12.4. The lowest BCUT2D eigenvalue weighted by molar-refractivity contribution is -0.153. The zero-order chi connectivity index (χ0) is 18.6. The molecule has 6 nitrogen and oxygen atoms in total. The summed E-state index contributed by atoms with van der Waals surface area (Å²) in [7, 11) is 0. The largest absolute Gasteiger partial charge is 0.481 e. The molecule has 0 bridgehead atoms. The molecule has 0 heterocycles. The predicted molar refractivity (Wildman–Crippen MR) is 96.6 cm³/mol. The normalized spacial score (nSPS) is 16.1. The number of amides is 2. The smallest absolute Gasteiger partial charge is 0.310 e. The third kappa shape index (κ3) is 4.59. The predicted octanol–water partition coefficient (Wildman–Crippen LogP) is 3.63. The summed E-state index contributed by atoms with van der Waals surface area (Å²) in [6.45, 7) is 5.16. The fraction of sp³-hybridized carbons (Fsp3) is 0.526. The van der Waals surface area contributed by atoms with Crippen molar-refractivity contribution in [1.29, 1.82) is 0 Å². The van der Waals surface area contributed by atoms with Crippen LogP contribution in [0.5, 0.6) is 0 Å². The molecule has 1 aromatic rings. The van der Waals surface area contributed by atoms with Crippen molar-refractivity contribution in [3.63, 3.8) is 0 Å². The Bertz CT molecular complexity index is 668. The molecule has 1 aliphatic carbocycles. The first-order valence-electron chi connectivity index (χ1n) is 8.65. The van der Waals surface area contributed by atoms with Crippen molar-refractivity contribution in [3.05, 3.63) is 23.3 Å². The summed E-state index contributed by atoms with van der Waals surface area (Å²) in [6.07, 6.45) is 3.82. The number of carbonyl (C=O) groups excluding carboxylic acids is 2. The lowest BCUT2D eigenvalue weighted by Gasteiger charge is -2.32. The number of aliphatic carboxylic acids is 1. The van der Waals surface area contributed by atoms with Crippen LogP contribution in [-0.4, -0.2) is 22.9 Å². The number of carbonyl (C=O) groups is 3. The Morgan fingerprint density at radius 3 is 2.08 bits per heavy atom. The minimum atomic E-state index is -0.942. The van der Waals surface area contributed by atoms with Gasteiger partial charge < -0.3 is 15.7 Å². The molecule has 136 valence electrons. The number of hydrogen-bond donors (Lipinski definition) is 3. The van der Waals surface area contributed by atoms with Gasteiger partial charge in [-0.05, 0) is 49.9 Å². The average molecular weight is 346 g/mol. The van der Waals surface area contributed by atoms with E-state index in [0.29, 0.717) is 18.5 Å². The minimum Gasteiger partial charge on any atom is -0.481 e. The highest BCUT2D eigenvalue weighted by Crippen LogP contribution is 2.40. The van der Waals surface area contributed by atoms with Crippen LogP contribution in [0.25, 0.3) is 0 Å². The van der Waals surface area contributed by atoms with Crippen molar-refractivity contribution in [1.82, 2.24) is 0 Å². The van der Waals surface area contributed by atoms with Gasteiger partial charge in [-0.3, -0.25) is 14.4 Å². The fourth-order valence-electron chi connectivity index (χ4n) is 3.62. The monoisotopic (exact) mass is 346 g/mol. The summed E-state index contributed by atoms with van der Waals surface area (Å²) in [6, 6.07) is 3.56. The molecule has 0 spiro atoms. The molecule has 25 heavy (non-hydrogen) atoms. The highest BCUT2D eigenvalue weighted by Gasteiger charge is 2.41. The average Bonchev–Trinajstić information content (AvgIpc) is 2.51. The first kappa shape index (κ1) is 19.0. The Morgan fingerprint density at radius 2 is 1.60 bits per heavy atom. The molecule has 1 aliphatic rings. The van der Waals surface area contributed by atoms with Gasteiger partial charge in [0.05, 0.1) is 5.41 Å². The molecule has 2 amide bonds. The summed E-state index contributed by atoms with van der Waals surface area (Å²) in [5, 5.41) is 15.2. The van der Waals surface area contributed by atoms with E-state index < -0.39 is 11.4 Å². The van der Waals surface area contributed by atoms with Gasteiger partial charge >= 0.3 is 5.97 Å². The van der Waals surface area contributed by atoms with Gasteiger partial charge in [-0.25, -0.2) is 0 Å². The van der Waals surface area contributed by atoms with Crippen LogP contribution in [0.4, 0.5) is 11.4 Å². The van der Waals surface area contributed by atoms with E-state index in [2.05, 4.69) is 10.6 Å². The van der Waals surface area contributed by atoms with Gasteiger partial charge in [-0.1, -0.05) is 19.3 Å². The Morgan fingerprint density at radius 1 is 1.04 bits per heavy atom. The quantitative estimate of drug-likeness (QED) is 0.758. The zero-order valence-corrected chi connectivity index (χ0v) is 15.1. The van der Waals surface area contributed by atoms with Crippen molar-refractivity contribution >= 4 is 29.2 Å². The van der Waals surface area contributed by atoms with Gasteiger partial charge in [0.25, 0.3) is 0 Å². The molecule has 2 rings (SSSR count). The number of anilines is 2. The van der Waals surface area contributed by atoms with Crippen LogP contribution in [-0.2, 0) is 14.4 Å². The second kappa shape index (κ2) is 7.68. The Kier molecular flexibility index (Phi) is 5.82. The molecule has 0 unspecified atom stereocenters. The number of carboxylic acids is 1. The lowest BCUT2D eigenvalue weighted by atomic mass is 9.71. The van der Waals surface area contributed by atoms with E-state index in [-0.39, 0.29) is 18.2 Å². The SMILES string of the molecule is CC(=O)Nc1c(C)cc(NC(=O)CC2(C(=O)O)CCCCC2)cc1C. The lowest BCUT2D eigenvalue weighted by Crippen LogP contribution is -2.37. The molecule has 0 radical (unpaired) electrons. The van der Waals surface area contributed by atoms with Gasteiger partial charge in [0.2, 0.25) is 11.8 Å². The third-order valence-electron chi connectivity index (χ3n) is 4.88. The third-order valence-corrected chi connectivity index (χ3v) is 4.88. The van der Waals surface area contributed by atoms with Gasteiger partial charge in [0.15, 0.2) is 0 Å². The zero-order valence-electron chi connectivity index (χ0n) is 15.1. The second-order valence-corrected chi connectivity index (χ2v) is 7.04. The number of nitrogens with one attached hydrogen (secondary N) is 2. The molecular weight excluding hydrogens is 320 g/mol. The molecule has 0 aromatic heterocycles. The van der Waals surface area contributed by atoms with Gasteiger partial charge in [-0.15, -0.1) is 0 Å². The number of benzene rings is 1. The molecule has 3 N–H and O–H groups in total. The van der Waals surface area contributed by atoms with E-state index in [1.807, 2.05) is 13.8 Å². The molecule has 6 heteroatoms. The van der Waals surface area contributed by atoms with E-state index in [1.54, 1.807) is 12.1 Å². The van der Waals surface area contributed by atoms with Crippen molar-refractivity contribution in [2.24, 2.45) is 5.41 Å². The summed E-state index contributed by atoms with van der Waals surface area (Å²) in [4.78, 5) is 35.4. The van der Waals surface area contributed by atoms with Crippen molar-refractivity contribution in [2.75, 3.05) is 10.6 Å². The van der Waals surface area contributed by atoms with E-state index >= 15 is 0 Å². The molecule has 0 atom stereocenters. The van der Waals surface area contributed by atoms with E-state index in [4.69, 9.17) is 0 Å². The standard InChI is InChI=1S/C19H26N2O4/c1-12-9-15(10-13(2)17(12)20-14(3)22)21-16(23)11-19(18(24)25)7-5-4-6-8-19/h9-10H,4-8,11H2,1-3H3,(H,20,22)(H,21,23)(H,24,25). The minimum absolute atomic E-state index is 0.00608. The van der Waals surface area contributed by atoms with E-state index in [9.17, 15) is 19.5 Å². The van der Waals surface area contributed by atoms with Gasteiger partial charge in [0, 0.05) is 24.7 Å². The van der Waals surface area contributed by atoms with Crippen molar-refractivity contribution < 1.29 is 19.5 Å². The Balaban J connectivity index is 2.12. The van der Waals surface area contributed by atoms with Crippen LogP contribution < -0.4 is 10.6 Å². The van der Waals surface area contributed by atoms with Crippen LogP contribution in [0.1, 0.15) is 56.6 Å². The van der Waals surface area contributed by atoms with Crippen LogP contribution in [0, 0.1) is 19.3 Å². The summed E-state index contributed by atoms with van der Waals surface area (Å²) in [5.41, 5.74) is 2.10. The van der Waals surface area contributed by atoms with Crippen LogP contribution in [0.3, 0.4) is 0 Å². The van der Waals surface area contributed by atoms with E-state index in [1.165, 1.54) is 6.92 Å². The number of aryl methyl sites for hydroxylation is 2. The maximum atomic E-state index is 12.4. The fourth-order valence-corrected chi connectivity index (χ4v) is 3.62. The molecule has 1 aromatic carbocycles. The summed E-state index contributed by atoms with van der Waals surface area (Å²) < 4.78 is 0. The molecule has 0 aliphatic heterocycles. The topological polar surface area (TPSA) is 95.5 Å². The van der Waals surface area contributed by atoms with Crippen molar-refractivity contribution in [3.8, 4) is 0 Å². The maximum Gasteiger partial charge on any atom is 0.310 e. The molecule has 1 fully saturated rings. The Hall–Kier alpha value is -2.37. The van der Waals surface area contributed by atoms with Crippen LogP contribution >= 0.6 is 0 Å². The summed E-state index contributed by atoms with van der Waals surface area (Å²) in [5.74, 6) is -1.31. The highest BCUT2D eigenvalue weighted by molar-refractivity contribution is 5.96. The number of rotatable bonds is 5. The summed E-state index contributed by atoms with van der Waals surface area (Å²) >= 11 is 0. The number of carboxylic acid groups (broad SMARTS) is 1. The highest BCUT2D eigenvalue weighted by atomic mass is 16.4. The number of hydrogen-bond acceptors (Lipinski definition) is 3. The van der Waals surface area contributed by atoms with Crippen molar-refractivity contribution in [2.45, 2.75) is 59.3 Å². The second-order valence-electron chi connectivity index (χ2n) is 7.04. The molecular formula is C19H26N2O4. The van der Waals surface area contributed by atoms with Crippen LogP contribution in [0.2, 0.25) is 0 Å². The van der Waals surface area contributed by atoms with Gasteiger partial charge in [0.1, 0.15) is 0 Å². The van der Waals surface area contributed by atoms with E-state index in [0.717, 1.165) is 36.1 Å². The first-order chi connectivity index (χ1) is 11.7. The molecule has 0 saturated heterocycles. The Labute approximate surface area is 148 Å². The van der Waals surface area contributed by atoms with Gasteiger partial charge in [-0.2, -0.15) is 0 Å².